The number of quaternary nitrogens is 1. The van der Waals surface area contributed by atoms with Crippen LogP contribution in [-0.4, -0.2) is 15.9 Å². The Morgan fingerprint density at radius 1 is 0.958 bits per heavy atom. The van der Waals surface area contributed by atoms with Crippen LogP contribution < -0.4 is 14.7 Å². The van der Waals surface area contributed by atoms with E-state index in [1.165, 1.54) is 18.6 Å². The Labute approximate surface area is 151 Å². The van der Waals surface area contributed by atoms with Crippen LogP contribution in [0, 0.1) is 0 Å². The highest BCUT2D eigenvalue weighted by Gasteiger charge is 2.33. The highest BCUT2D eigenvalue weighted by Crippen LogP contribution is 2.34. The lowest BCUT2D eigenvalue weighted by Crippen LogP contribution is -3.07. The zero-order valence-corrected chi connectivity index (χ0v) is 15.1. The number of nitrogens with one attached hydrogen (secondary N) is 1. The lowest BCUT2D eigenvalue weighted by Gasteiger charge is -2.34. The van der Waals surface area contributed by atoms with Crippen molar-refractivity contribution in [3.63, 3.8) is 0 Å². The van der Waals surface area contributed by atoms with Gasteiger partial charge in [-0.3, -0.25) is 4.98 Å². The number of nitrogens with zero attached hydrogens (tertiary/aromatic N) is 2. The van der Waals surface area contributed by atoms with Crippen LogP contribution in [0.4, 0.5) is 0 Å². The van der Waals surface area contributed by atoms with E-state index in [1.54, 1.807) is 0 Å². The summed E-state index contributed by atoms with van der Waals surface area (Å²) in [6.07, 6.45) is 1.83. The predicted octanol–water partition coefficient (Wildman–Crippen LogP) is 1.01. The number of rotatable bonds is 4. The highest BCUT2D eigenvalue weighted by molar-refractivity contribution is 8.19. The maximum atomic E-state index is 12.9. The smallest absolute Gasteiger partial charge is 0.348 e. The summed E-state index contributed by atoms with van der Waals surface area (Å²) in [5, 5.41) is 1.79. The number of amides is 1. The fraction of sp³-hybridized carbons (Fsp3) is 0. The third-order valence-corrected chi connectivity index (χ3v) is 9.51. The molecule has 4 nitrogen and oxygen atoms in total. The Kier molecular flexibility index (Phi) is 5.21. The van der Waals surface area contributed by atoms with Gasteiger partial charge in [0.25, 0.3) is 0 Å². The Morgan fingerprint density at radius 2 is 1.50 bits per heavy atom. The van der Waals surface area contributed by atoms with E-state index in [2.05, 4.69) is 9.97 Å². The monoisotopic (exact) mass is 371 g/mol. The molecule has 0 spiro atoms. The first kappa shape index (κ1) is 17.0. The molecule has 1 N–H and O–H groups in total. The molecule has 0 aliphatic carbocycles. The normalized spacial score (nSPS) is 12.5. The van der Waals surface area contributed by atoms with E-state index < -0.39 is 6.19 Å². The van der Waals surface area contributed by atoms with Gasteiger partial charge in [0, 0.05) is 23.0 Å². The van der Waals surface area contributed by atoms with Gasteiger partial charge in [0.15, 0.2) is 11.9 Å². The first-order valence-corrected chi connectivity index (χ1v) is 10.4. The molecule has 0 saturated carbocycles. The van der Waals surface area contributed by atoms with Gasteiger partial charge in [0.1, 0.15) is 0 Å². The van der Waals surface area contributed by atoms with Crippen LogP contribution in [0.5, 0.6) is 0 Å². The van der Waals surface area contributed by atoms with Crippen molar-refractivity contribution >= 4 is 47.3 Å². The van der Waals surface area contributed by atoms with Gasteiger partial charge in [-0.1, -0.05) is 36.4 Å². The summed E-state index contributed by atoms with van der Waals surface area (Å²) in [7, 11) is 0. The minimum atomic E-state index is -2.59. The quantitative estimate of drug-likeness (QED) is 0.548. The van der Waals surface area contributed by atoms with E-state index >= 15 is 0 Å². The third kappa shape index (κ3) is 3.19. The minimum absolute atomic E-state index is 0.226. The van der Waals surface area contributed by atoms with Crippen molar-refractivity contribution in [1.82, 2.24) is 9.97 Å². The zero-order valence-electron chi connectivity index (χ0n) is 12.6. The fourth-order valence-corrected chi connectivity index (χ4v) is 6.40. The van der Waals surface area contributed by atoms with Gasteiger partial charge in [0.2, 0.25) is 0 Å². The van der Waals surface area contributed by atoms with Crippen LogP contribution in [0.25, 0.3) is 0 Å². The summed E-state index contributed by atoms with van der Waals surface area (Å²) in [4.78, 5) is 20.9. The number of aromatic nitrogens is 2. The highest BCUT2D eigenvalue weighted by atomic mass is 32.4. The molecular formula is C17H14N3OPS2. The summed E-state index contributed by atoms with van der Waals surface area (Å²) in [5.41, 5.74) is 0.226. The largest absolute Gasteiger partial charge is 0.484 e. The molecule has 1 amide bonds. The van der Waals surface area contributed by atoms with Crippen LogP contribution in [-0.2, 0) is 24.6 Å². The van der Waals surface area contributed by atoms with Crippen molar-refractivity contribution in [3.05, 3.63) is 84.9 Å². The van der Waals surface area contributed by atoms with Crippen LogP contribution >= 0.6 is 6.19 Å². The standard InChI is InChI=1S/C17H14N3OPS2/c21-17(16-13-18-11-12-19-16)20(23)22(24,14-7-3-1-4-8-14)15-9-5-2-6-10-15/h1-13,20H. The Balaban J connectivity index is 2.12. The van der Waals surface area contributed by atoms with E-state index in [9.17, 15) is 4.79 Å². The van der Waals surface area contributed by atoms with E-state index in [-0.39, 0.29) is 15.7 Å². The van der Waals surface area contributed by atoms with Crippen LogP contribution in [0.15, 0.2) is 79.3 Å². The second kappa shape index (κ2) is 7.36. The van der Waals surface area contributed by atoms with Crippen molar-refractivity contribution in [2.24, 2.45) is 0 Å². The van der Waals surface area contributed by atoms with E-state index in [0.29, 0.717) is 0 Å². The molecule has 7 heteroatoms. The zero-order chi connectivity index (χ0) is 17.0. The van der Waals surface area contributed by atoms with Crippen molar-refractivity contribution in [2.75, 3.05) is 0 Å². The molecule has 120 valence electrons. The fourth-order valence-electron chi connectivity index (χ4n) is 2.33. The van der Waals surface area contributed by atoms with Crippen LogP contribution in [0.2, 0.25) is 0 Å². The molecule has 1 aromatic heterocycles. The summed E-state index contributed by atoms with van der Waals surface area (Å²) in [6, 6.07) is 19.2. The predicted molar refractivity (Wildman–Crippen MR) is 101 cm³/mol. The van der Waals surface area contributed by atoms with Gasteiger partial charge in [-0.25, -0.2) is 9.78 Å². The molecule has 0 bridgehead atoms. The molecule has 3 rings (SSSR count). The van der Waals surface area contributed by atoms with Gasteiger partial charge in [-0.15, -0.1) is 0 Å². The Bertz CT molecular complexity index is 833. The molecule has 1 atom stereocenters. The van der Waals surface area contributed by atoms with Crippen molar-refractivity contribution in [3.8, 4) is 0 Å². The Hall–Kier alpha value is -1.85. The molecule has 0 radical (unpaired) electrons. The first-order valence-electron chi connectivity index (χ1n) is 7.20. The lowest BCUT2D eigenvalue weighted by molar-refractivity contribution is -0.493. The SMILES string of the molecule is O=C(c1cnccn1)[NH+]([S-])P(=S)(c1ccccc1)c1ccccc1. The average molecular weight is 371 g/mol. The Morgan fingerprint density at radius 3 is 1.96 bits per heavy atom. The van der Waals surface area contributed by atoms with Gasteiger partial charge in [0.05, 0.1) is 6.20 Å². The van der Waals surface area contributed by atoms with Gasteiger partial charge < -0.3 is 16.9 Å². The number of benzene rings is 2. The minimum Gasteiger partial charge on any atom is -0.484 e. The topological polar surface area (TPSA) is 47.3 Å². The molecule has 24 heavy (non-hydrogen) atoms. The molecule has 3 aromatic rings. The number of carbonyl (C=O) groups is 1. The molecule has 0 aliphatic heterocycles. The second-order valence-corrected chi connectivity index (χ2v) is 10.1. The van der Waals surface area contributed by atoms with Gasteiger partial charge >= 0.3 is 5.91 Å². The molecular weight excluding hydrogens is 357 g/mol. The van der Waals surface area contributed by atoms with Crippen LogP contribution in [0.3, 0.4) is 0 Å². The average Bonchev–Trinajstić information content (AvgIpc) is 2.68. The molecule has 2 aromatic carbocycles. The van der Waals surface area contributed by atoms with E-state index in [0.717, 1.165) is 10.6 Å². The maximum Gasteiger partial charge on any atom is 0.348 e. The molecule has 1 unspecified atom stereocenters. The first-order chi connectivity index (χ1) is 11.6. The van der Waals surface area contributed by atoms with Crippen molar-refractivity contribution < 1.29 is 8.87 Å². The number of hydrogen-bond acceptors (Lipinski definition) is 5. The van der Waals surface area contributed by atoms with E-state index in [4.69, 9.17) is 24.6 Å². The van der Waals surface area contributed by atoms with Gasteiger partial charge in [-0.05, 0) is 36.1 Å². The molecule has 0 saturated heterocycles. The summed E-state index contributed by atoms with van der Waals surface area (Å²) < 4.78 is 0.232. The van der Waals surface area contributed by atoms with E-state index in [1.807, 2.05) is 60.7 Å². The number of hydrogen-bond donors (Lipinski definition) is 1. The van der Waals surface area contributed by atoms with Gasteiger partial charge in [-0.2, -0.15) is 0 Å². The maximum absolute atomic E-state index is 12.9. The molecule has 0 fully saturated rings. The number of carbonyl (C=O) groups excluding carboxylic acids is 1. The summed E-state index contributed by atoms with van der Waals surface area (Å²) in [5.74, 6) is -0.325. The third-order valence-electron chi connectivity index (χ3n) is 3.52. The van der Waals surface area contributed by atoms with Crippen molar-refractivity contribution in [2.45, 2.75) is 0 Å². The summed E-state index contributed by atoms with van der Waals surface area (Å²) in [6.45, 7) is 0. The molecule has 1 heterocycles. The van der Waals surface area contributed by atoms with Crippen LogP contribution in [0.1, 0.15) is 10.5 Å². The molecule has 0 aliphatic rings. The second-order valence-electron chi connectivity index (χ2n) is 5.01. The lowest BCUT2D eigenvalue weighted by atomic mass is 10.4. The summed E-state index contributed by atoms with van der Waals surface area (Å²) >= 11 is 11.6. The van der Waals surface area contributed by atoms with Crippen molar-refractivity contribution in [1.29, 1.82) is 0 Å².